The molecule has 2 nitrogen and oxygen atoms in total. The second-order valence-corrected chi connectivity index (χ2v) is 5.55. The quantitative estimate of drug-likeness (QED) is 0.764. The highest BCUT2D eigenvalue weighted by molar-refractivity contribution is 6.17. The van der Waals surface area contributed by atoms with Crippen molar-refractivity contribution in [2.24, 2.45) is 5.92 Å². The molecule has 0 bridgehead atoms. The van der Waals surface area contributed by atoms with E-state index in [0.29, 0.717) is 17.8 Å². The van der Waals surface area contributed by atoms with Crippen LogP contribution in [0.15, 0.2) is 24.3 Å². The first-order chi connectivity index (χ1) is 8.63. The Bertz CT molecular complexity index is 413. The van der Waals surface area contributed by atoms with Gasteiger partial charge in [0.15, 0.2) is 0 Å². The molecule has 1 aliphatic rings. The number of carbonyl (C=O) groups is 1. The van der Waals surface area contributed by atoms with Gasteiger partial charge in [0.25, 0.3) is 5.91 Å². The Kier molecular flexibility index (Phi) is 4.28. The number of carbonyl (C=O) groups excluding carboxylic acids is 1. The van der Waals surface area contributed by atoms with Gasteiger partial charge >= 0.3 is 0 Å². The van der Waals surface area contributed by atoms with E-state index < -0.39 is 0 Å². The second-order valence-electron chi connectivity index (χ2n) is 5.28. The van der Waals surface area contributed by atoms with Crippen LogP contribution in [0.3, 0.4) is 0 Å². The predicted octanol–water partition coefficient (Wildman–Crippen LogP) is 3.69. The average Bonchev–Trinajstić information content (AvgIpc) is 2.87. The van der Waals surface area contributed by atoms with Crippen molar-refractivity contribution in [1.29, 1.82) is 0 Å². The zero-order valence-corrected chi connectivity index (χ0v) is 11.8. The number of rotatable bonds is 3. The molecule has 18 heavy (non-hydrogen) atoms. The zero-order chi connectivity index (χ0) is 13.1. The van der Waals surface area contributed by atoms with Crippen LogP contribution in [-0.4, -0.2) is 23.4 Å². The van der Waals surface area contributed by atoms with E-state index in [-0.39, 0.29) is 5.91 Å². The molecule has 3 heteroatoms. The van der Waals surface area contributed by atoms with E-state index in [2.05, 4.69) is 13.8 Å². The minimum absolute atomic E-state index is 0.160. The number of halogens is 1. The van der Waals surface area contributed by atoms with Gasteiger partial charge in [0.1, 0.15) is 0 Å². The molecule has 1 unspecified atom stereocenters. The van der Waals surface area contributed by atoms with Crippen molar-refractivity contribution in [2.45, 2.75) is 38.6 Å². The van der Waals surface area contributed by atoms with Gasteiger partial charge in [-0.25, -0.2) is 0 Å². The summed E-state index contributed by atoms with van der Waals surface area (Å²) in [5.74, 6) is 1.18. The molecule has 0 N–H and O–H groups in total. The lowest BCUT2D eigenvalue weighted by Gasteiger charge is -2.27. The minimum atomic E-state index is 0.160. The summed E-state index contributed by atoms with van der Waals surface area (Å²) in [7, 11) is 0. The summed E-state index contributed by atoms with van der Waals surface area (Å²) >= 11 is 5.76. The van der Waals surface area contributed by atoms with Crippen LogP contribution in [0.4, 0.5) is 0 Å². The Morgan fingerprint density at radius 2 is 2.06 bits per heavy atom. The maximum atomic E-state index is 12.5. The van der Waals surface area contributed by atoms with Crippen molar-refractivity contribution in [2.75, 3.05) is 6.54 Å². The molecule has 1 aromatic rings. The number of amides is 1. The van der Waals surface area contributed by atoms with E-state index in [4.69, 9.17) is 11.6 Å². The molecule has 0 aliphatic carbocycles. The zero-order valence-electron chi connectivity index (χ0n) is 11.0. The van der Waals surface area contributed by atoms with Gasteiger partial charge in [-0.05, 0) is 36.5 Å². The molecular weight excluding hydrogens is 246 g/mol. The number of likely N-dealkylation sites (tertiary alicyclic amines) is 1. The average molecular weight is 266 g/mol. The first-order valence-electron chi connectivity index (χ1n) is 6.59. The Hall–Kier alpha value is -1.02. The fourth-order valence-corrected chi connectivity index (χ4v) is 2.82. The molecule has 1 aliphatic heterocycles. The predicted molar refractivity (Wildman–Crippen MR) is 74.9 cm³/mol. The SMILES string of the molecule is CC(C)C1CCCN1C(=O)c1ccc(CCl)cc1. The van der Waals surface area contributed by atoms with Crippen LogP contribution in [0.1, 0.15) is 42.6 Å². The van der Waals surface area contributed by atoms with Crippen molar-refractivity contribution in [3.05, 3.63) is 35.4 Å². The molecule has 1 saturated heterocycles. The smallest absolute Gasteiger partial charge is 0.254 e. The summed E-state index contributed by atoms with van der Waals surface area (Å²) in [6.45, 7) is 5.26. The number of hydrogen-bond donors (Lipinski definition) is 0. The summed E-state index contributed by atoms with van der Waals surface area (Å²) in [5.41, 5.74) is 1.83. The van der Waals surface area contributed by atoms with Crippen molar-refractivity contribution in [1.82, 2.24) is 4.90 Å². The van der Waals surface area contributed by atoms with Gasteiger partial charge in [0, 0.05) is 24.0 Å². The second kappa shape index (κ2) is 5.75. The van der Waals surface area contributed by atoms with E-state index in [9.17, 15) is 4.79 Å². The van der Waals surface area contributed by atoms with E-state index >= 15 is 0 Å². The Labute approximate surface area is 114 Å². The largest absolute Gasteiger partial charge is 0.335 e. The fourth-order valence-electron chi connectivity index (χ4n) is 2.64. The third-order valence-corrected chi connectivity index (χ3v) is 3.99. The van der Waals surface area contributed by atoms with Crippen molar-refractivity contribution in [3.63, 3.8) is 0 Å². The van der Waals surface area contributed by atoms with E-state index in [1.165, 1.54) is 0 Å². The Morgan fingerprint density at radius 3 is 2.61 bits per heavy atom. The monoisotopic (exact) mass is 265 g/mol. The van der Waals surface area contributed by atoms with Crippen LogP contribution >= 0.6 is 11.6 Å². The van der Waals surface area contributed by atoms with E-state index in [0.717, 1.165) is 30.5 Å². The third kappa shape index (κ3) is 2.69. The highest BCUT2D eigenvalue weighted by Gasteiger charge is 2.31. The van der Waals surface area contributed by atoms with Crippen molar-refractivity contribution >= 4 is 17.5 Å². The maximum Gasteiger partial charge on any atom is 0.254 e. The normalized spacial score (nSPS) is 19.6. The van der Waals surface area contributed by atoms with Crippen LogP contribution in [0.25, 0.3) is 0 Å². The standard InChI is InChI=1S/C15H20ClNO/c1-11(2)14-4-3-9-17(14)15(18)13-7-5-12(10-16)6-8-13/h5-8,11,14H,3-4,9-10H2,1-2H3. The summed E-state index contributed by atoms with van der Waals surface area (Å²) in [5, 5.41) is 0. The van der Waals surface area contributed by atoms with Crippen LogP contribution in [0, 0.1) is 5.92 Å². The third-order valence-electron chi connectivity index (χ3n) is 3.68. The van der Waals surface area contributed by atoms with Gasteiger partial charge in [0.05, 0.1) is 0 Å². The van der Waals surface area contributed by atoms with Crippen LogP contribution < -0.4 is 0 Å². The van der Waals surface area contributed by atoms with Crippen LogP contribution in [0.5, 0.6) is 0 Å². The molecule has 98 valence electrons. The number of hydrogen-bond acceptors (Lipinski definition) is 1. The number of alkyl halides is 1. The summed E-state index contributed by atoms with van der Waals surface area (Å²) in [6.07, 6.45) is 2.25. The molecule has 0 aromatic heterocycles. The Morgan fingerprint density at radius 1 is 1.39 bits per heavy atom. The molecular formula is C15H20ClNO. The molecule has 0 spiro atoms. The van der Waals surface area contributed by atoms with Gasteiger partial charge < -0.3 is 4.90 Å². The van der Waals surface area contributed by atoms with Crippen LogP contribution in [-0.2, 0) is 5.88 Å². The summed E-state index contributed by atoms with van der Waals surface area (Å²) in [6, 6.07) is 8.03. The van der Waals surface area contributed by atoms with Gasteiger partial charge in [-0.3, -0.25) is 4.79 Å². The summed E-state index contributed by atoms with van der Waals surface area (Å²) in [4.78, 5) is 14.5. The van der Waals surface area contributed by atoms with E-state index in [1.54, 1.807) is 0 Å². The lowest BCUT2D eigenvalue weighted by Crippen LogP contribution is -2.38. The van der Waals surface area contributed by atoms with E-state index in [1.807, 2.05) is 29.2 Å². The molecule has 1 fully saturated rings. The van der Waals surface area contributed by atoms with Crippen LogP contribution in [0.2, 0.25) is 0 Å². The molecule has 1 amide bonds. The van der Waals surface area contributed by atoms with Crippen molar-refractivity contribution in [3.8, 4) is 0 Å². The fraction of sp³-hybridized carbons (Fsp3) is 0.533. The minimum Gasteiger partial charge on any atom is -0.335 e. The van der Waals surface area contributed by atoms with Gasteiger partial charge in [0.2, 0.25) is 0 Å². The maximum absolute atomic E-state index is 12.5. The highest BCUT2D eigenvalue weighted by atomic mass is 35.5. The first-order valence-corrected chi connectivity index (χ1v) is 7.13. The lowest BCUT2D eigenvalue weighted by molar-refractivity contribution is 0.0701. The lowest BCUT2D eigenvalue weighted by atomic mass is 10.0. The molecule has 1 aromatic carbocycles. The molecule has 1 heterocycles. The topological polar surface area (TPSA) is 20.3 Å². The van der Waals surface area contributed by atoms with Crippen molar-refractivity contribution < 1.29 is 4.79 Å². The number of benzene rings is 1. The first kappa shape index (κ1) is 13.4. The molecule has 0 radical (unpaired) electrons. The summed E-state index contributed by atoms with van der Waals surface area (Å²) < 4.78 is 0. The van der Waals surface area contributed by atoms with Gasteiger partial charge in [-0.2, -0.15) is 0 Å². The number of nitrogens with zero attached hydrogens (tertiary/aromatic N) is 1. The molecule has 1 atom stereocenters. The van der Waals surface area contributed by atoms with Gasteiger partial charge in [-0.1, -0.05) is 26.0 Å². The highest BCUT2D eigenvalue weighted by Crippen LogP contribution is 2.25. The molecule has 0 saturated carbocycles. The molecule has 2 rings (SSSR count). The Balaban J connectivity index is 2.14. The van der Waals surface area contributed by atoms with Gasteiger partial charge in [-0.15, -0.1) is 11.6 Å².